The zero-order valence-electron chi connectivity index (χ0n) is 76.0. The molecule has 4 saturated heterocycles. The summed E-state index contributed by atoms with van der Waals surface area (Å²) in [7, 11) is 0. The molecule has 35 nitrogen and oxygen atoms in total. The first-order valence-corrected chi connectivity index (χ1v) is 45.6. The molecular weight excluding hydrogens is 1800 g/mol. The van der Waals surface area contributed by atoms with Crippen LogP contribution < -0.4 is 47.1 Å². The Kier molecular flexibility index (Phi) is 22.5. The summed E-state index contributed by atoms with van der Waals surface area (Å²) in [6.45, 7) is 9.10. The van der Waals surface area contributed by atoms with Crippen LogP contribution in [0.25, 0.3) is 83.3 Å². The number of halogens is 1. The van der Waals surface area contributed by atoms with E-state index in [2.05, 4.69) is 72.4 Å². The number of aryl methyl sites for hydroxylation is 4. The Balaban J connectivity index is 0.000000111. The minimum absolute atomic E-state index is 0.0536. The number of nitrogens with zero attached hydrogens (tertiary/aromatic N) is 11. The van der Waals surface area contributed by atoms with Crippen LogP contribution in [-0.2, 0) is 93.2 Å². The molecule has 8 aliphatic rings. The van der Waals surface area contributed by atoms with Crippen molar-refractivity contribution in [3.8, 4) is 39.5 Å². The van der Waals surface area contributed by atoms with Crippen LogP contribution in [0.3, 0.4) is 0 Å². The number of furan rings is 4. The number of amides is 16. The van der Waals surface area contributed by atoms with Crippen LogP contribution in [0.15, 0.2) is 268 Å². The lowest BCUT2D eigenvalue weighted by atomic mass is 9.94. The van der Waals surface area contributed by atoms with E-state index >= 15 is 0 Å². The Bertz CT molecular complexity index is 7730. The Labute approximate surface area is 800 Å². The topological polar surface area (TPSA) is 448 Å². The van der Waals surface area contributed by atoms with Gasteiger partial charge >= 0.3 is 24.1 Å². The van der Waals surface area contributed by atoms with Gasteiger partial charge < -0.3 is 58.5 Å². The van der Waals surface area contributed by atoms with Crippen molar-refractivity contribution in [2.45, 2.75) is 102 Å². The Morgan fingerprint density at radius 3 is 1.06 bits per heavy atom. The van der Waals surface area contributed by atoms with Gasteiger partial charge in [0.2, 0.25) is 5.69 Å². The fourth-order valence-electron chi connectivity index (χ4n) is 19.3. The number of imide groups is 4. The van der Waals surface area contributed by atoms with Crippen LogP contribution >= 0.6 is 0 Å². The van der Waals surface area contributed by atoms with E-state index in [0.29, 0.717) is 104 Å². The van der Waals surface area contributed by atoms with Gasteiger partial charge in [-0.1, -0.05) is 88.4 Å². The zero-order valence-corrected chi connectivity index (χ0v) is 76.0. The number of urea groups is 4. The number of aromatic nitrogens is 7. The van der Waals surface area contributed by atoms with Crippen LogP contribution in [0.1, 0.15) is 137 Å². The average Bonchev–Trinajstić information content (AvgIpc) is 1.58. The highest BCUT2D eigenvalue weighted by atomic mass is 19.1. The predicted molar refractivity (Wildman–Crippen MR) is 505 cm³/mol. The number of carbonyl (C=O) groups excluding carboxylic acids is 12. The second-order valence-corrected chi connectivity index (χ2v) is 35.3. The molecule has 24 rings (SSSR count). The van der Waals surface area contributed by atoms with E-state index in [9.17, 15) is 61.9 Å². The second kappa shape index (κ2) is 35.5. The summed E-state index contributed by atoms with van der Waals surface area (Å²) in [6, 6.07) is 51.6. The van der Waals surface area contributed by atoms with Crippen molar-refractivity contribution in [2.24, 2.45) is 0 Å². The molecule has 702 valence electrons. The summed E-state index contributed by atoms with van der Waals surface area (Å²) in [4.78, 5) is 187. The van der Waals surface area contributed by atoms with Crippen molar-refractivity contribution in [3.63, 3.8) is 0 Å². The van der Waals surface area contributed by atoms with E-state index < -0.39 is 75.7 Å². The van der Waals surface area contributed by atoms with Gasteiger partial charge in [-0.3, -0.25) is 89.5 Å². The summed E-state index contributed by atoms with van der Waals surface area (Å²) < 4.78 is 40.8. The van der Waals surface area contributed by atoms with Gasteiger partial charge in [0, 0.05) is 143 Å². The maximum Gasteiger partial charge on any atom is 0.322 e. The largest absolute Gasteiger partial charge is 0.458 e. The third-order valence-electron chi connectivity index (χ3n) is 26.8. The van der Waals surface area contributed by atoms with Gasteiger partial charge in [-0.05, 0) is 179 Å². The molecule has 19 heterocycles. The fraction of sp³-hybridized carbons (Fsp3) is 0.190. The standard InChI is InChI=1S/C27H21FN4O4.3C26H21N5O4/c1-2-15-7-8-16-13-32(24(33)18(16)11-15)14-27(25(34)30-26(35)31-27)22-12-19-21(36-22)9-10-29-23(19)17-5-3-4-6-20(17)28;1-2-15-3-4-17-13-31(23(32)18(17)11-15)14-26(24(33)29-25(34)30-26)21-12-19-20(35-21)7-10-28-22(19)16-5-8-27-9-6-16;1-2-16-5-6-17-13-31(23(32)20(17)10-16)15-26(24(33)28-25(34)29-26)22-11-18-14-30(9-7-21(18)35-22)19-4-3-8-27-12-19;1-2-15-5-6-17-13-31(23(32)18(17)10-15)14-26(24(33)29-25(34)30-26)21-11-19-20(35-21)7-9-28-22(19)16-4-3-8-27-12-16/h3-12H,2,13-14H2,1H3,(H2,30,31,34,35);3-12H,2,13-14H2,1H3,(H2,29,30,33,34);3-12,14H,2,13,15H2,1H3,(H-,28,29,33,34);3-12H,2,13-14H2,1H3,(H2,29,30,33,34)/p+1/t27-;3*26-/m0000/s1. The lowest BCUT2D eigenvalue weighted by Crippen LogP contribution is -2.52. The van der Waals surface area contributed by atoms with E-state index in [0.717, 1.165) is 92.4 Å². The van der Waals surface area contributed by atoms with Gasteiger partial charge in [0.15, 0.2) is 34.5 Å². The van der Waals surface area contributed by atoms with Crippen molar-refractivity contribution < 1.29 is 84.2 Å². The number of rotatable bonds is 20. The molecule has 0 bridgehead atoms. The van der Waals surface area contributed by atoms with Gasteiger partial charge in [-0.25, -0.2) is 23.6 Å². The number of benzene rings is 5. The lowest BCUT2D eigenvalue weighted by Gasteiger charge is -2.29. The molecule has 11 aromatic heterocycles. The third kappa shape index (κ3) is 15.9. The van der Waals surface area contributed by atoms with E-state index in [4.69, 9.17) is 17.7 Å². The SMILES string of the molecule is CCc1ccc2c(c1)C(=O)N(C[C@@]1(c3cc4c(-c5ccccc5F)nccc4o3)NC(=O)NC1=O)C2.CCc1ccc2c(c1)C(=O)N(C[C@@]1(c3cc4c(-c5cccnc5)nccc4o3)NC(=O)NC1=O)C2.CCc1ccc2c(c1)C(=O)N(C[C@@]1(c3cc4c(-c5ccncc5)nccc4o3)NC(=O)NC1=O)C2.CCc1ccc2c(c1)C(=O)N(C[C@@]1(c3cc4c[n+](-c5cccnc5)ccc4o3)NC(=O)NC1=O)C2. The molecule has 16 aromatic rings. The number of pyridine rings is 7. The molecule has 0 saturated carbocycles. The molecule has 141 heavy (non-hydrogen) atoms. The molecule has 4 atom stereocenters. The fourth-order valence-corrected chi connectivity index (χ4v) is 19.3. The first-order chi connectivity index (χ1) is 68.3. The highest BCUT2D eigenvalue weighted by Gasteiger charge is 2.58. The third-order valence-corrected chi connectivity index (χ3v) is 26.8. The van der Waals surface area contributed by atoms with Crippen LogP contribution in [-0.4, -0.2) is 147 Å². The molecule has 5 aromatic carbocycles. The van der Waals surface area contributed by atoms with Crippen LogP contribution in [0.4, 0.5) is 23.6 Å². The van der Waals surface area contributed by atoms with Gasteiger partial charge in [-0.15, -0.1) is 0 Å². The zero-order chi connectivity index (χ0) is 97.5. The summed E-state index contributed by atoms with van der Waals surface area (Å²) >= 11 is 0. The smallest absolute Gasteiger partial charge is 0.322 e. The van der Waals surface area contributed by atoms with E-state index in [1.165, 1.54) is 17.2 Å². The van der Waals surface area contributed by atoms with Crippen molar-refractivity contribution in [1.29, 1.82) is 0 Å². The van der Waals surface area contributed by atoms with E-state index in [1.54, 1.807) is 131 Å². The van der Waals surface area contributed by atoms with Crippen LogP contribution in [0.2, 0.25) is 0 Å². The van der Waals surface area contributed by atoms with Crippen molar-refractivity contribution in [2.75, 3.05) is 26.2 Å². The maximum absolute atomic E-state index is 14.6. The summed E-state index contributed by atoms with van der Waals surface area (Å²) in [5, 5.41) is 22.7. The van der Waals surface area contributed by atoms with Crippen LogP contribution in [0, 0.1) is 5.82 Å². The average molecular weight is 1890 g/mol. The molecule has 36 heteroatoms. The lowest BCUT2D eigenvalue weighted by molar-refractivity contribution is -0.594. The van der Waals surface area contributed by atoms with Crippen molar-refractivity contribution >= 4 is 115 Å². The maximum atomic E-state index is 14.6. The number of carbonyl (C=O) groups is 12. The van der Waals surface area contributed by atoms with E-state index in [-0.39, 0.29) is 78.4 Å². The molecule has 8 aliphatic heterocycles. The normalized spacial score (nSPS) is 19.2. The van der Waals surface area contributed by atoms with Crippen molar-refractivity contribution in [1.82, 2.24) is 92.0 Å². The molecule has 0 radical (unpaired) electrons. The van der Waals surface area contributed by atoms with Crippen molar-refractivity contribution in [3.05, 3.63) is 346 Å². The number of nitrogens with one attached hydrogen (secondary N) is 8. The van der Waals surface area contributed by atoms with Gasteiger partial charge in [0.1, 0.15) is 51.2 Å². The van der Waals surface area contributed by atoms with Gasteiger partial charge in [0.25, 0.3) is 47.3 Å². The minimum atomic E-state index is -1.66. The molecule has 16 amide bonds. The number of hydrogen-bond acceptors (Lipinski definition) is 22. The van der Waals surface area contributed by atoms with Gasteiger partial charge in [0.05, 0.1) is 54.8 Å². The molecule has 0 spiro atoms. The monoisotopic (exact) mass is 1890 g/mol. The van der Waals surface area contributed by atoms with Crippen LogP contribution in [0.5, 0.6) is 0 Å². The predicted octanol–water partition coefficient (Wildman–Crippen LogP) is 12.5. The first-order valence-electron chi connectivity index (χ1n) is 45.6. The molecule has 8 N–H and O–H groups in total. The number of hydrogen-bond donors (Lipinski definition) is 8. The highest BCUT2D eigenvalue weighted by Crippen LogP contribution is 2.44. The summed E-state index contributed by atoms with van der Waals surface area (Å²) in [6.07, 6.45) is 21.8. The first kappa shape index (κ1) is 89.4. The number of fused-ring (bicyclic) bond motifs is 8. The van der Waals surface area contributed by atoms with E-state index in [1.807, 2.05) is 154 Å². The Morgan fingerprint density at radius 1 is 0.340 bits per heavy atom. The molecule has 4 fully saturated rings. The second-order valence-electron chi connectivity index (χ2n) is 35.3. The quantitative estimate of drug-likeness (QED) is 0.0259. The molecular formula is C105H85FN19O16+. The molecule has 0 aliphatic carbocycles. The molecule has 0 unspecified atom stereocenters. The minimum Gasteiger partial charge on any atom is -0.458 e. The summed E-state index contributed by atoms with van der Waals surface area (Å²) in [5.74, 6) is -2.69. The Hall–Kier alpha value is -18.1. The highest BCUT2D eigenvalue weighted by molar-refractivity contribution is 6.13. The summed E-state index contributed by atoms with van der Waals surface area (Å²) in [5.41, 5.74) is 10.2. The van der Waals surface area contributed by atoms with Gasteiger partial charge in [-0.2, -0.15) is 4.57 Å². The Morgan fingerprint density at radius 2 is 0.702 bits per heavy atom.